The van der Waals surface area contributed by atoms with E-state index < -0.39 is 5.97 Å². The molecule has 0 spiro atoms. The average molecular weight is 246 g/mol. The number of aliphatic carboxylic acids is 1. The fourth-order valence-corrected chi connectivity index (χ4v) is 0.642. The normalized spacial score (nSPS) is 7.00. The van der Waals surface area contributed by atoms with Crippen LogP contribution in [0.1, 0.15) is 6.92 Å². The van der Waals surface area contributed by atoms with E-state index in [4.69, 9.17) is 9.90 Å². The number of hydrogen-bond acceptors (Lipinski definition) is 1. The molecular formula is C12H14FeO2-6. The minimum absolute atomic E-state index is 0. The van der Waals surface area contributed by atoms with Gasteiger partial charge in [-0.2, -0.15) is 18.2 Å². The average Bonchev–Trinajstić information content (AvgIpc) is 2.83. The van der Waals surface area contributed by atoms with Crippen LogP contribution < -0.4 is 0 Å². The molecule has 2 nitrogen and oxygen atoms in total. The Balaban J connectivity index is 0. The Morgan fingerprint density at radius 2 is 1.27 bits per heavy atom. The van der Waals surface area contributed by atoms with E-state index in [1.165, 1.54) is 0 Å². The molecule has 0 amide bonds. The van der Waals surface area contributed by atoms with E-state index in [1.54, 1.807) is 0 Å². The summed E-state index contributed by atoms with van der Waals surface area (Å²) in [6, 6.07) is 20.0. The Morgan fingerprint density at radius 1 is 1.00 bits per heavy atom. The van der Waals surface area contributed by atoms with Crippen LogP contribution in [0.5, 0.6) is 0 Å². The van der Waals surface area contributed by atoms with E-state index in [-0.39, 0.29) is 17.1 Å². The van der Waals surface area contributed by atoms with Gasteiger partial charge in [0.15, 0.2) is 0 Å². The smallest absolute Gasteiger partial charge is 0.300 e. The van der Waals surface area contributed by atoms with Crippen molar-refractivity contribution in [1.82, 2.24) is 0 Å². The van der Waals surface area contributed by atoms with Crippen LogP contribution in [0.4, 0.5) is 0 Å². The second kappa shape index (κ2) is 12.7. The van der Waals surface area contributed by atoms with Crippen LogP contribution in [0, 0.1) is 0 Å². The van der Waals surface area contributed by atoms with Crippen molar-refractivity contribution < 1.29 is 27.0 Å². The second-order valence-electron chi connectivity index (χ2n) is 2.44. The molecule has 0 heterocycles. The first-order valence-electron chi connectivity index (χ1n) is 4.26. The van der Waals surface area contributed by atoms with Crippen LogP contribution in [0.15, 0.2) is 60.7 Å². The molecule has 0 fully saturated rings. The van der Waals surface area contributed by atoms with Crippen LogP contribution in [-0.2, 0) is 21.9 Å². The van der Waals surface area contributed by atoms with E-state index in [1.807, 2.05) is 60.7 Å². The molecule has 0 bridgehead atoms. The Bertz CT molecular complexity index is 221. The summed E-state index contributed by atoms with van der Waals surface area (Å²) < 4.78 is 0. The molecule has 0 aromatic heterocycles. The molecule has 88 valence electrons. The van der Waals surface area contributed by atoms with Gasteiger partial charge in [-0.25, -0.2) is 12.1 Å². The molecule has 0 saturated carbocycles. The van der Waals surface area contributed by atoms with Gasteiger partial charge in [-0.15, -0.1) is 0 Å². The van der Waals surface area contributed by atoms with Crippen molar-refractivity contribution in [3.63, 3.8) is 0 Å². The van der Waals surface area contributed by atoms with E-state index in [0.717, 1.165) is 6.92 Å². The molecule has 3 heteroatoms. The summed E-state index contributed by atoms with van der Waals surface area (Å²) in [7, 11) is 0. The summed E-state index contributed by atoms with van der Waals surface area (Å²) in [5.41, 5.74) is 0. The molecule has 1 N–H and O–H groups in total. The fraction of sp³-hybridized carbons (Fsp3) is 0.0833. The maximum atomic E-state index is 9.00. The fourth-order valence-electron chi connectivity index (χ4n) is 0.642. The molecule has 0 saturated heterocycles. The number of carboxylic acid groups (broad SMARTS) is 1. The molecule has 0 unspecified atom stereocenters. The van der Waals surface area contributed by atoms with Gasteiger partial charge in [0.25, 0.3) is 5.97 Å². The van der Waals surface area contributed by atoms with Crippen molar-refractivity contribution in [1.29, 1.82) is 0 Å². The molecule has 2 aromatic carbocycles. The van der Waals surface area contributed by atoms with Crippen LogP contribution in [0.25, 0.3) is 0 Å². The monoisotopic (exact) mass is 246 g/mol. The molecule has 0 aliphatic carbocycles. The third kappa shape index (κ3) is 19.2. The van der Waals surface area contributed by atoms with Gasteiger partial charge in [0, 0.05) is 24.0 Å². The van der Waals surface area contributed by atoms with Crippen molar-refractivity contribution in [2.45, 2.75) is 6.92 Å². The molecular weight excluding hydrogens is 232 g/mol. The van der Waals surface area contributed by atoms with Crippen molar-refractivity contribution in [2.24, 2.45) is 0 Å². The van der Waals surface area contributed by atoms with Crippen LogP contribution in [-0.4, -0.2) is 11.1 Å². The summed E-state index contributed by atoms with van der Waals surface area (Å²) in [6.07, 6.45) is 0. The van der Waals surface area contributed by atoms with Crippen LogP contribution >= 0.6 is 0 Å². The maximum absolute atomic E-state index is 9.00. The van der Waals surface area contributed by atoms with Gasteiger partial charge < -0.3 is 35.4 Å². The molecule has 0 aliphatic rings. The summed E-state index contributed by atoms with van der Waals surface area (Å²) in [4.78, 5) is 9.00. The number of rotatable bonds is 0. The first-order chi connectivity index (χ1) is 6.73. The summed E-state index contributed by atoms with van der Waals surface area (Å²) in [5, 5.41) is 7.42. The molecule has 15 heavy (non-hydrogen) atoms. The molecule has 2 aromatic rings. The van der Waals surface area contributed by atoms with Gasteiger partial charge in [0.2, 0.25) is 0 Å². The quantitative estimate of drug-likeness (QED) is 0.573. The molecule has 0 atom stereocenters. The third-order valence-corrected chi connectivity index (χ3v) is 1.11. The minimum atomic E-state index is -0.833. The second-order valence-corrected chi connectivity index (χ2v) is 2.44. The zero-order valence-corrected chi connectivity index (χ0v) is 9.59. The zero-order valence-electron chi connectivity index (χ0n) is 8.48. The van der Waals surface area contributed by atoms with Gasteiger partial charge >= 0.3 is 0 Å². The molecule has 0 radical (unpaired) electrons. The Kier molecular flexibility index (Phi) is 13.6. The number of carbonyl (C=O) groups is 1. The zero-order chi connectivity index (χ0) is 10.6. The third-order valence-electron chi connectivity index (χ3n) is 1.11. The van der Waals surface area contributed by atoms with E-state index >= 15 is 0 Å². The maximum Gasteiger partial charge on any atom is 0.300 e. The standard InChI is InChI=1S/2C5H5.C2H4O2.Fe/c2*1-2-4-5-3-1;1-2(3)4;/h2*1-5H;1H3,(H,3,4);/q-5;-1;;. The van der Waals surface area contributed by atoms with Crippen molar-refractivity contribution in [3.05, 3.63) is 60.7 Å². The minimum Gasteiger partial charge on any atom is -0.748 e. The summed E-state index contributed by atoms with van der Waals surface area (Å²) in [5.74, 6) is -0.833. The largest absolute Gasteiger partial charge is 0.748 e. The first-order valence-corrected chi connectivity index (χ1v) is 4.26. The van der Waals surface area contributed by atoms with Gasteiger partial charge in [-0.1, -0.05) is 0 Å². The SMILES string of the molecule is CC(=O)O.[Fe].[cH-]1[cH-][cH-][cH-][cH-]1.c1cc[cH-]c1. The first kappa shape index (κ1) is 16.1. The van der Waals surface area contributed by atoms with Gasteiger partial charge in [-0.3, -0.25) is 4.79 Å². The Hall–Kier alpha value is -1.31. The predicted molar refractivity (Wildman–Crippen MR) is 57.4 cm³/mol. The van der Waals surface area contributed by atoms with Gasteiger partial charge in [0.1, 0.15) is 0 Å². The van der Waals surface area contributed by atoms with E-state index in [9.17, 15) is 0 Å². The van der Waals surface area contributed by atoms with E-state index in [0.29, 0.717) is 0 Å². The number of carboxylic acids is 1. The topological polar surface area (TPSA) is 37.3 Å². The van der Waals surface area contributed by atoms with Crippen LogP contribution in [0.3, 0.4) is 0 Å². The summed E-state index contributed by atoms with van der Waals surface area (Å²) >= 11 is 0. The Labute approximate surface area is 101 Å². The molecule has 2 rings (SSSR count). The van der Waals surface area contributed by atoms with Gasteiger partial charge in [0.05, 0.1) is 0 Å². The van der Waals surface area contributed by atoms with E-state index in [2.05, 4.69) is 0 Å². The summed E-state index contributed by atoms with van der Waals surface area (Å²) in [6.45, 7) is 1.08. The van der Waals surface area contributed by atoms with Crippen molar-refractivity contribution >= 4 is 5.97 Å². The van der Waals surface area contributed by atoms with Crippen molar-refractivity contribution in [2.75, 3.05) is 0 Å². The van der Waals surface area contributed by atoms with Crippen molar-refractivity contribution in [3.8, 4) is 0 Å². The number of hydrogen-bond donors (Lipinski definition) is 1. The van der Waals surface area contributed by atoms with Crippen LogP contribution in [0.2, 0.25) is 0 Å². The predicted octanol–water partition coefficient (Wildman–Crippen LogP) is 2.90. The van der Waals surface area contributed by atoms with Gasteiger partial charge in [-0.05, 0) is 0 Å². The molecule has 0 aliphatic heterocycles. The Morgan fingerprint density at radius 3 is 1.40 bits per heavy atom.